The summed E-state index contributed by atoms with van der Waals surface area (Å²) in [6.07, 6.45) is 0. The zero-order chi connectivity index (χ0) is 14.2. The van der Waals surface area contributed by atoms with E-state index in [0.717, 1.165) is 23.0 Å². The Morgan fingerprint density at radius 2 is 1.89 bits per heavy atom. The van der Waals surface area contributed by atoms with Crippen molar-refractivity contribution in [1.82, 2.24) is 14.8 Å². The molecule has 0 saturated heterocycles. The van der Waals surface area contributed by atoms with Crippen molar-refractivity contribution >= 4 is 17.4 Å². The maximum atomic E-state index is 6.17. The number of hydrogen-bond acceptors (Lipinski definition) is 3. The molecular formula is C14H19ClN4. The van der Waals surface area contributed by atoms with E-state index in [2.05, 4.69) is 36.2 Å². The van der Waals surface area contributed by atoms with Crippen LogP contribution in [0.2, 0.25) is 5.02 Å². The van der Waals surface area contributed by atoms with Gasteiger partial charge >= 0.3 is 0 Å². The number of nitrogens with one attached hydrogen (secondary N) is 1. The molecule has 2 aromatic heterocycles. The average Bonchev–Trinajstić information content (AvgIpc) is 2.55. The van der Waals surface area contributed by atoms with Gasteiger partial charge in [-0.25, -0.2) is 9.67 Å². The van der Waals surface area contributed by atoms with Gasteiger partial charge in [-0.3, -0.25) is 0 Å². The Bertz CT molecular complexity index is 596. The SMILES string of the molecule is Cc1nn(-c2cccc(NC(C)(C)C)n2)c(C)c1Cl. The average molecular weight is 279 g/mol. The highest BCUT2D eigenvalue weighted by Crippen LogP contribution is 2.22. The third-order valence-corrected chi connectivity index (χ3v) is 3.20. The molecule has 0 fully saturated rings. The Morgan fingerprint density at radius 1 is 1.21 bits per heavy atom. The molecule has 0 bridgehead atoms. The quantitative estimate of drug-likeness (QED) is 0.910. The van der Waals surface area contributed by atoms with Crippen LogP contribution in [-0.2, 0) is 0 Å². The molecule has 5 heteroatoms. The smallest absolute Gasteiger partial charge is 0.156 e. The molecule has 0 amide bonds. The molecule has 0 aliphatic rings. The van der Waals surface area contributed by atoms with Gasteiger partial charge in [-0.2, -0.15) is 5.10 Å². The van der Waals surface area contributed by atoms with Crippen LogP contribution in [0.15, 0.2) is 18.2 Å². The molecule has 0 atom stereocenters. The fourth-order valence-electron chi connectivity index (χ4n) is 1.84. The largest absolute Gasteiger partial charge is 0.365 e. The summed E-state index contributed by atoms with van der Waals surface area (Å²) >= 11 is 6.17. The third-order valence-electron chi connectivity index (χ3n) is 2.66. The molecule has 0 aromatic carbocycles. The summed E-state index contributed by atoms with van der Waals surface area (Å²) < 4.78 is 1.77. The van der Waals surface area contributed by atoms with Crippen LogP contribution in [0.4, 0.5) is 5.82 Å². The van der Waals surface area contributed by atoms with Gasteiger partial charge in [0, 0.05) is 5.54 Å². The lowest BCUT2D eigenvalue weighted by Gasteiger charge is -2.21. The van der Waals surface area contributed by atoms with Crippen LogP contribution in [0.1, 0.15) is 32.2 Å². The van der Waals surface area contributed by atoms with Gasteiger partial charge < -0.3 is 5.32 Å². The molecule has 0 spiro atoms. The van der Waals surface area contributed by atoms with Crippen molar-refractivity contribution in [2.75, 3.05) is 5.32 Å². The van der Waals surface area contributed by atoms with Crippen LogP contribution >= 0.6 is 11.6 Å². The fraction of sp³-hybridized carbons (Fsp3) is 0.429. The molecule has 0 radical (unpaired) electrons. The Hall–Kier alpha value is -1.55. The topological polar surface area (TPSA) is 42.7 Å². The van der Waals surface area contributed by atoms with Crippen molar-refractivity contribution in [3.8, 4) is 5.82 Å². The van der Waals surface area contributed by atoms with Gasteiger partial charge in [0.05, 0.1) is 16.4 Å². The first kappa shape index (κ1) is 13.9. The summed E-state index contributed by atoms with van der Waals surface area (Å²) in [4.78, 5) is 4.57. The number of rotatable bonds is 2. The normalized spacial score (nSPS) is 11.7. The highest BCUT2D eigenvalue weighted by Gasteiger charge is 2.14. The fourth-order valence-corrected chi connectivity index (χ4v) is 1.96. The van der Waals surface area contributed by atoms with Gasteiger partial charge in [-0.1, -0.05) is 17.7 Å². The lowest BCUT2D eigenvalue weighted by atomic mass is 10.1. The molecule has 2 heterocycles. The van der Waals surface area contributed by atoms with E-state index in [-0.39, 0.29) is 5.54 Å². The minimum Gasteiger partial charge on any atom is -0.365 e. The van der Waals surface area contributed by atoms with Crippen molar-refractivity contribution in [2.45, 2.75) is 40.2 Å². The number of halogens is 1. The van der Waals surface area contributed by atoms with Crippen molar-refractivity contribution in [3.63, 3.8) is 0 Å². The second-order valence-electron chi connectivity index (χ2n) is 5.65. The second-order valence-corrected chi connectivity index (χ2v) is 6.03. The van der Waals surface area contributed by atoms with Crippen molar-refractivity contribution in [3.05, 3.63) is 34.6 Å². The van der Waals surface area contributed by atoms with E-state index in [0.29, 0.717) is 5.02 Å². The summed E-state index contributed by atoms with van der Waals surface area (Å²) in [6, 6.07) is 5.83. The van der Waals surface area contributed by atoms with E-state index < -0.39 is 0 Å². The Kier molecular flexibility index (Phi) is 3.54. The summed E-state index contributed by atoms with van der Waals surface area (Å²) in [7, 11) is 0. The summed E-state index contributed by atoms with van der Waals surface area (Å²) in [5.41, 5.74) is 1.69. The van der Waals surface area contributed by atoms with Crippen LogP contribution in [0.25, 0.3) is 5.82 Å². The predicted octanol–water partition coefficient (Wildman–Crippen LogP) is 3.75. The second kappa shape index (κ2) is 4.85. The maximum absolute atomic E-state index is 6.17. The van der Waals surface area contributed by atoms with Gasteiger partial charge in [0.2, 0.25) is 0 Å². The van der Waals surface area contributed by atoms with Gasteiger partial charge in [0.15, 0.2) is 5.82 Å². The molecule has 0 unspecified atom stereocenters. The minimum atomic E-state index is -0.0294. The minimum absolute atomic E-state index is 0.0294. The van der Waals surface area contributed by atoms with Gasteiger partial charge in [-0.15, -0.1) is 0 Å². The van der Waals surface area contributed by atoms with Crippen LogP contribution in [0, 0.1) is 13.8 Å². The lowest BCUT2D eigenvalue weighted by molar-refractivity contribution is 0.629. The molecule has 0 saturated carbocycles. The van der Waals surface area contributed by atoms with E-state index >= 15 is 0 Å². The summed E-state index contributed by atoms with van der Waals surface area (Å²) in [5.74, 6) is 1.59. The maximum Gasteiger partial charge on any atom is 0.156 e. The molecule has 1 N–H and O–H groups in total. The number of anilines is 1. The molecule has 2 aromatic rings. The first-order valence-corrected chi connectivity index (χ1v) is 6.63. The number of nitrogens with zero attached hydrogens (tertiary/aromatic N) is 3. The zero-order valence-corrected chi connectivity index (χ0v) is 12.7. The van der Waals surface area contributed by atoms with Crippen LogP contribution in [0.5, 0.6) is 0 Å². The molecule has 4 nitrogen and oxygen atoms in total. The molecule has 19 heavy (non-hydrogen) atoms. The zero-order valence-electron chi connectivity index (χ0n) is 12.0. The molecule has 102 valence electrons. The first-order valence-electron chi connectivity index (χ1n) is 6.25. The molecule has 0 aliphatic heterocycles. The number of hydrogen-bond donors (Lipinski definition) is 1. The number of aromatic nitrogens is 3. The van der Waals surface area contributed by atoms with Gasteiger partial charge in [0.25, 0.3) is 0 Å². The van der Waals surface area contributed by atoms with Crippen molar-refractivity contribution < 1.29 is 0 Å². The number of aryl methyl sites for hydroxylation is 1. The van der Waals surface area contributed by atoms with Crippen molar-refractivity contribution in [1.29, 1.82) is 0 Å². The van der Waals surface area contributed by atoms with Gasteiger partial charge in [-0.05, 0) is 46.8 Å². The molecule has 2 rings (SSSR count). The Labute approximate surface area is 118 Å². The molecular weight excluding hydrogens is 260 g/mol. The molecule has 0 aliphatic carbocycles. The van der Waals surface area contributed by atoms with E-state index in [1.54, 1.807) is 4.68 Å². The Balaban J connectivity index is 2.41. The van der Waals surface area contributed by atoms with Gasteiger partial charge in [0.1, 0.15) is 5.82 Å². The third kappa shape index (κ3) is 3.07. The lowest BCUT2D eigenvalue weighted by Crippen LogP contribution is -2.26. The van der Waals surface area contributed by atoms with E-state index in [4.69, 9.17) is 11.6 Å². The van der Waals surface area contributed by atoms with Crippen LogP contribution in [0.3, 0.4) is 0 Å². The number of pyridine rings is 1. The Morgan fingerprint density at radius 3 is 2.42 bits per heavy atom. The van der Waals surface area contributed by atoms with Crippen molar-refractivity contribution in [2.24, 2.45) is 0 Å². The van der Waals surface area contributed by atoms with E-state index in [9.17, 15) is 0 Å². The monoisotopic (exact) mass is 278 g/mol. The van der Waals surface area contributed by atoms with Crippen LogP contribution < -0.4 is 5.32 Å². The summed E-state index contributed by atoms with van der Waals surface area (Å²) in [6.45, 7) is 10.1. The van der Waals surface area contributed by atoms with E-state index in [1.165, 1.54) is 0 Å². The highest BCUT2D eigenvalue weighted by molar-refractivity contribution is 6.31. The highest BCUT2D eigenvalue weighted by atomic mass is 35.5. The standard InChI is InChI=1S/C14H19ClN4/c1-9-13(15)10(2)19(18-9)12-8-6-7-11(16-12)17-14(3,4)5/h6-8H,1-5H3,(H,16,17). The summed E-state index contributed by atoms with van der Waals surface area (Å²) in [5, 5.41) is 8.45. The first-order chi connectivity index (χ1) is 8.78. The predicted molar refractivity (Wildman–Crippen MR) is 79.2 cm³/mol. The van der Waals surface area contributed by atoms with Crippen LogP contribution in [-0.4, -0.2) is 20.3 Å². The van der Waals surface area contributed by atoms with E-state index in [1.807, 2.05) is 32.0 Å².